The van der Waals surface area contributed by atoms with E-state index in [1.165, 1.54) is 25.7 Å². The number of anilines is 1. The molecular formula is C12H16N2O. The number of aldehydes is 1. The van der Waals surface area contributed by atoms with Crippen molar-refractivity contribution in [1.29, 1.82) is 0 Å². The maximum Gasteiger partial charge on any atom is 0.151 e. The SMILES string of the molecule is O=Cc1cncc(N2CCCCCC2)c1. The van der Waals surface area contributed by atoms with E-state index in [-0.39, 0.29) is 0 Å². The van der Waals surface area contributed by atoms with E-state index in [4.69, 9.17) is 0 Å². The van der Waals surface area contributed by atoms with Gasteiger partial charge in [-0.1, -0.05) is 12.8 Å². The molecule has 1 aliphatic rings. The van der Waals surface area contributed by atoms with E-state index in [0.29, 0.717) is 5.56 Å². The average Bonchev–Trinajstić information content (AvgIpc) is 2.58. The summed E-state index contributed by atoms with van der Waals surface area (Å²) in [5.74, 6) is 0. The summed E-state index contributed by atoms with van der Waals surface area (Å²) in [7, 11) is 0. The molecule has 1 aliphatic heterocycles. The minimum absolute atomic E-state index is 0.664. The molecular weight excluding hydrogens is 188 g/mol. The Labute approximate surface area is 90.1 Å². The standard InChI is InChI=1S/C12H16N2O/c15-10-11-7-12(9-13-8-11)14-5-3-1-2-4-6-14/h7-10H,1-6H2. The molecule has 0 amide bonds. The lowest BCUT2D eigenvalue weighted by Crippen LogP contribution is -2.24. The third-order valence-electron chi connectivity index (χ3n) is 2.85. The highest BCUT2D eigenvalue weighted by atomic mass is 16.1. The van der Waals surface area contributed by atoms with Crippen molar-refractivity contribution in [2.45, 2.75) is 25.7 Å². The second kappa shape index (κ2) is 4.91. The van der Waals surface area contributed by atoms with Gasteiger partial charge in [-0.15, -0.1) is 0 Å². The first-order valence-electron chi connectivity index (χ1n) is 5.55. The van der Waals surface area contributed by atoms with E-state index < -0.39 is 0 Å². The fraction of sp³-hybridized carbons (Fsp3) is 0.500. The molecule has 0 unspecified atom stereocenters. The Morgan fingerprint density at radius 3 is 2.53 bits per heavy atom. The van der Waals surface area contributed by atoms with Gasteiger partial charge in [0.25, 0.3) is 0 Å². The van der Waals surface area contributed by atoms with E-state index in [2.05, 4.69) is 9.88 Å². The lowest BCUT2D eigenvalue weighted by Gasteiger charge is -2.22. The summed E-state index contributed by atoms with van der Waals surface area (Å²) in [4.78, 5) is 17.1. The third kappa shape index (κ3) is 2.55. The Bertz CT molecular complexity index is 330. The van der Waals surface area contributed by atoms with Crippen molar-refractivity contribution >= 4 is 12.0 Å². The van der Waals surface area contributed by atoms with Crippen LogP contribution in [0, 0.1) is 0 Å². The molecule has 15 heavy (non-hydrogen) atoms. The number of aromatic nitrogens is 1. The van der Waals surface area contributed by atoms with Gasteiger partial charge in [-0.25, -0.2) is 0 Å². The van der Waals surface area contributed by atoms with Crippen molar-refractivity contribution in [1.82, 2.24) is 4.98 Å². The predicted molar refractivity (Wildman–Crippen MR) is 60.3 cm³/mol. The van der Waals surface area contributed by atoms with Gasteiger partial charge in [0.05, 0.1) is 11.9 Å². The Morgan fingerprint density at radius 2 is 1.87 bits per heavy atom. The van der Waals surface area contributed by atoms with Gasteiger partial charge in [0, 0.05) is 24.8 Å². The van der Waals surface area contributed by atoms with E-state index in [0.717, 1.165) is 25.1 Å². The minimum Gasteiger partial charge on any atom is -0.370 e. The van der Waals surface area contributed by atoms with E-state index in [1.54, 1.807) is 6.20 Å². The monoisotopic (exact) mass is 204 g/mol. The summed E-state index contributed by atoms with van der Waals surface area (Å²) in [6, 6.07) is 1.92. The molecule has 1 fully saturated rings. The average molecular weight is 204 g/mol. The number of hydrogen-bond donors (Lipinski definition) is 0. The van der Waals surface area contributed by atoms with Crippen molar-refractivity contribution in [3.8, 4) is 0 Å². The van der Waals surface area contributed by atoms with Crippen LogP contribution in [0.5, 0.6) is 0 Å². The lowest BCUT2D eigenvalue weighted by molar-refractivity contribution is 0.112. The van der Waals surface area contributed by atoms with Crippen molar-refractivity contribution in [2.24, 2.45) is 0 Å². The molecule has 0 N–H and O–H groups in total. The third-order valence-corrected chi connectivity index (χ3v) is 2.85. The molecule has 1 aromatic rings. The largest absolute Gasteiger partial charge is 0.370 e. The molecule has 1 aromatic heterocycles. The van der Waals surface area contributed by atoms with Crippen LogP contribution in [0.1, 0.15) is 36.0 Å². The zero-order valence-corrected chi connectivity index (χ0v) is 8.85. The Kier molecular flexibility index (Phi) is 3.33. The number of nitrogens with zero attached hydrogens (tertiary/aromatic N) is 2. The molecule has 3 nitrogen and oxygen atoms in total. The molecule has 1 saturated heterocycles. The van der Waals surface area contributed by atoms with Gasteiger partial charge in [0.1, 0.15) is 0 Å². The summed E-state index contributed by atoms with van der Waals surface area (Å²) in [5.41, 5.74) is 1.75. The fourth-order valence-corrected chi connectivity index (χ4v) is 2.01. The molecule has 0 saturated carbocycles. The van der Waals surface area contributed by atoms with Crippen LogP contribution >= 0.6 is 0 Å². The highest BCUT2D eigenvalue weighted by molar-refractivity contribution is 5.76. The smallest absolute Gasteiger partial charge is 0.151 e. The number of hydrogen-bond acceptors (Lipinski definition) is 3. The van der Waals surface area contributed by atoms with Crippen LogP contribution in [0.25, 0.3) is 0 Å². The normalized spacial score (nSPS) is 17.2. The highest BCUT2D eigenvalue weighted by Crippen LogP contribution is 2.18. The van der Waals surface area contributed by atoms with Crippen LogP contribution in [0.2, 0.25) is 0 Å². The molecule has 0 radical (unpaired) electrons. The molecule has 0 aliphatic carbocycles. The minimum atomic E-state index is 0.664. The number of carbonyl (C=O) groups is 1. The van der Waals surface area contributed by atoms with Gasteiger partial charge in [0.15, 0.2) is 6.29 Å². The Balaban J connectivity index is 2.15. The summed E-state index contributed by atoms with van der Waals surface area (Å²) in [5, 5.41) is 0. The molecule has 0 atom stereocenters. The van der Waals surface area contributed by atoms with Crippen molar-refractivity contribution in [3.63, 3.8) is 0 Å². The predicted octanol–water partition coefficient (Wildman–Crippen LogP) is 2.27. The highest BCUT2D eigenvalue weighted by Gasteiger charge is 2.10. The Morgan fingerprint density at radius 1 is 1.13 bits per heavy atom. The van der Waals surface area contributed by atoms with E-state index >= 15 is 0 Å². The van der Waals surface area contributed by atoms with E-state index in [9.17, 15) is 4.79 Å². The van der Waals surface area contributed by atoms with Crippen molar-refractivity contribution in [2.75, 3.05) is 18.0 Å². The molecule has 0 bridgehead atoms. The van der Waals surface area contributed by atoms with Crippen LogP contribution in [0.3, 0.4) is 0 Å². The van der Waals surface area contributed by atoms with Crippen LogP contribution in [0.15, 0.2) is 18.5 Å². The molecule has 3 heteroatoms. The van der Waals surface area contributed by atoms with Gasteiger partial charge in [-0.3, -0.25) is 9.78 Å². The van der Waals surface area contributed by atoms with Crippen LogP contribution in [-0.4, -0.2) is 24.4 Å². The molecule has 0 spiro atoms. The maximum atomic E-state index is 10.7. The van der Waals surface area contributed by atoms with Gasteiger partial charge in [0.2, 0.25) is 0 Å². The molecule has 2 rings (SSSR count). The summed E-state index contributed by atoms with van der Waals surface area (Å²) in [6.07, 6.45) is 9.42. The zero-order valence-electron chi connectivity index (χ0n) is 8.85. The molecule has 0 aromatic carbocycles. The summed E-state index contributed by atoms with van der Waals surface area (Å²) in [6.45, 7) is 2.17. The van der Waals surface area contributed by atoms with Crippen LogP contribution in [0.4, 0.5) is 5.69 Å². The maximum absolute atomic E-state index is 10.7. The topological polar surface area (TPSA) is 33.2 Å². The van der Waals surface area contributed by atoms with Gasteiger partial charge in [-0.05, 0) is 18.9 Å². The van der Waals surface area contributed by atoms with Gasteiger partial charge < -0.3 is 4.90 Å². The quantitative estimate of drug-likeness (QED) is 0.693. The van der Waals surface area contributed by atoms with Crippen molar-refractivity contribution < 1.29 is 4.79 Å². The van der Waals surface area contributed by atoms with Crippen LogP contribution in [-0.2, 0) is 0 Å². The second-order valence-electron chi connectivity index (χ2n) is 4.00. The zero-order chi connectivity index (χ0) is 10.5. The first kappa shape index (κ1) is 10.1. The van der Waals surface area contributed by atoms with Crippen LogP contribution < -0.4 is 4.90 Å². The lowest BCUT2D eigenvalue weighted by atomic mass is 10.2. The Hall–Kier alpha value is -1.38. The van der Waals surface area contributed by atoms with Crippen molar-refractivity contribution in [3.05, 3.63) is 24.0 Å². The fourth-order valence-electron chi connectivity index (χ4n) is 2.01. The molecule has 2 heterocycles. The number of pyridine rings is 1. The summed E-state index contributed by atoms with van der Waals surface area (Å²) < 4.78 is 0. The van der Waals surface area contributed by atoms with Gasteiger partial charge in [-0.2, -0.15) is 0 Å². The number of carbonyl (C=O) groups excluding carboxylic acids is 1. The number of rotatable bonds is 2. The van der Waals surface area contributed by atoms with E-state index in [1.807, 2.05) is 12.3 Å². The first-order valence-corrected chi connectivity index (χ1v) is 5.55. The summed E-state index contributed by atoms with van der Waals surface area (Å²) >= 11 is 0. The first-order chi connectivity index (χ1) is 7.40. The molecule has 80 valence electrons. The van der Waals surface area contributed by atoms with Gasteiger partial charge >= 0.3 is 0 Å². The second-order valence-corrected chi connectivity index (χ2v) is 4.00.